The van der Waals surface area contributed by atoms with E-state index in [9.17, 15) is 0 Å². The molecule has 0 aromatic carbocycles. The average Bonchev–Trinajstić information content (AvgIpc) is 2.74. The predicted molar refractivity (Wildman–Crippen MR) is 146 cm³/mol. The number of hydrogen-bond acceptors (Lipinski definition) is 4. The van der Waals surface area contributed by atoms with Gasteiger partial charge in [0.15, 0.2) is 0 Å². The third-order valence-electron chi connectivity index (χ3n) is 9.63. The Hall–Kier alpha value is -0.160. The first-order valence-electron chi connectivity index (χ1n) is 15.2. The number of hydroxylamine groups is 4. The molecule has 0 bridgehead atoms. The summed E-state index contributed by atoms with van der Waals surface area (Å²) in [6.07, 6.45) is 20.2. The fraction of sp³-hybridized carbons (Fsp3) is 1.00. The molecule has 35 heavy (non-hydrogen) atoms. The van der Waals surface area contributed by atoms with Crippen LogP contribution in [-0.4, -0.2) is 44.5 Å². The van der Waals surface area contributed by atoms with Crippen molar-refractivity contribution in [2.75, 3.05) is 0 Å². The van der Waals surface area contributed by atoms with Crippen molar-refractivity contribution >= 4 is 0 Å². The summed E-state index contributed by atoms with van der Waals surface area (Å²) in [6.45, 7) is 19.4. The second kappa shape index (κ2) is 10.5. The summed E-state index contributed by atoms with van der Waals surface area (Å²) in [7, 11) is 0. The fourth-order valence-corrected chi connectivity index (χ4v) is 8.96. The highest BCUT2D eigenvalue weighted by molar-refractivity contribution is 5.01. The zero-order valence-corrected chi connectivity index (χ0v) is 24.6. The molecule has 204 valence electrons. The topological polar surface area (TPSA) is 24.9 Å². The molecule has 0 spiro atoms. The Bertz CT molecular complexity index is 594. The van der Waals surface area contributed by atoms with Crippen LogP contribution in [0.5, 0.6) is 0 Å². The molecule has 4 rings (SSSR count). The van der Waals surface area contributed by atoms with E-state index < -0.39 is 0 Å². The molecule has 2 heterocycles. The maximum absolute atomic E-state index is 6.76. The molecular weight excluding hydrogens is 432 g/mol. The van der Waals surface area contributed by atoms with Gasteiger partial charge in [0.1, 0.15) is 0 Å². The monoisotopic (exact) mass is 490 g/mol. The summed E-state index contributed by atoms with van der Waals surface area (Å²) in [5.74, 6) is 1.52. The van der Waals surface area contributed by atoms with E-state index in [1.54, 1.807) is 0 Å². The van der Waals surface area contributed by atoms with E-state index in [4.69, 9.17) is 9.68 Å². The van der Waals surface area contributed by atoms with E-state index in [0.717, 1.165) is 11.8 Å². The third kappa shape index (κ3) is 6.65. The molecule has 2 aliphatic carbocycles. The highest BCUT2D eigenvalue weighted by Gasteiger charge is 2.51. The van der Waals surface area contributed by atoms with Crippen LogP contribution in [0.25, 0.3) is 0 Å². The Labute approximate surface area is 217 Å². The number of hydrogen-bond donors (Lipinski definition) is 0. The van der Waals surface area contributed by atoms with Crippen LogP contribution in [-0.2, 0) is 9.68 Å². The summed E-state index contributed by atoms with van der Waals surface area (Å²) >= 11 is 0. The van der Waals surface area contributed by atoms with Crippen LogP contribution in [0.2, 0.25) is 0 Å². The summed E-state index contributed by atoms with van der Waals surface area (Å²) in [5, 5.41) is 4.86. The Balaban J connectivity index is 1.39. The largest absolute Gasteiger partial charge is 0.295 e. The minimum Gasteiger partial charge on any atom is -0.295 e. The maximum Gasteiger partial charge on any atom is 0.0793 e. The first-order chi connectivity index (χ1) is 16.3. The van der Waals surface area contributed by atoms with Crippen molar-refractivity contribution in [3.8, 4) is 0 Å². The molecule has 0 aromatic heterocycles. The van der Waals surface area contributed by atoms with E-state index in [1.165, 1.54) is 96.3 Å². The molecule has 4 aliphatic rings. The van der Waals surface area contributed by atoms with Gasteiger partial charge in [0, 0.05) is 22.2 Å². The van der Waals surface area contributed by atoms with Gasteiger partial charge in [0.05, 0.1) is 12.2 Å². The molecule has 0 radical (unpaired) electrons. The van der Waals surface area contributed by atoms with Crippen LogP contribution < -0.4 is 0 Å². The first kappa shape index (κ1) is 27.9. The molecular formula is C31H58N2O2. The van der Waals surface area contributed by atoms with Crippen LogP contribution in [0.1, 0.15) is 152 Å². The molecule has 0 atom stereocenters. The summed E-state index contributed by atoms with van der Waals surface area (Å²) in [4.78, 5) is 13.5. The lowest BCUT2D eigenvalue weighted by Gasteiger charge is -2.57. The molecule has 0 N–H and O–H groups in total. The number of nitrogens with zero attached hydrogens (tertiary/aromatic N) is 2. The van der Waals surface area contributed by atoms with Gasteiger partial charge in [-0.2, -0.15) is 10.1 Å². The second-order valence-corrected chi connectivity index (χ2v) is 15.4. The molecule has 0 unspecified atom stereocenters. The van der Waals surface area contributed by atoms with Crippen LogP contribution in [0.3, 0.4) is 0 Å². The smallest absolute Gasteiger partial charge is 0.0793 e. The van der Waals surface area contributed by atoms with Gasteiger partial charge in [-0.3, -0.25) is 9.68 Å². The minimum absolute atomic E-state index is 0.0830. The van der Waals surface area contributed by atoms with Crippen molar-refractivity contribution in [2.45, 2.75) is 186 Å². The molecule has 2 saturated carbocycles. The maximum atomic E-state index is 6.76. The van der Waals surface area contributed by atoms with E-state index in [1.807, 2.05) is 0 Å². The first-order valence-corrected chi connectivity index (χ1v) is 15.2. The lowest BCUT2D eigenvalue weighted by Crippen LogP contribution is -2.63. The van der Waals surface area contributed by atoms with Gasteiger partial charge in [-0.05, 0) is 125 Å². The molecule has 4 nitrogen and oxygen atoms in total. The minimum atomic E-state index is 0.0830. The Morgan fingerprint density at radius 1 is 0.486 bits per heavy atom. The highest BCUT2D eigenvalue weighted by Crippen LogP contribution is 2.49. The van der Waals surface area contributed by atoms with Crippen molar-refractivity contribution in [1.29, 1.82) is 0 Å². The Morgan fingerprint density at radius 2 is 0.771 bits per heavy atom. The van der Waals surface area contributed by atoms with E-state index in [0.29, 0.717) is 12.2 Å². The van der Waals surface area contributed by atoms with E-state index in [-0.39, 0.29) is 22.2 Å². The molecule has 0 aromatic rings. The quantitative estimate of drug-likeness (QED) is 0.373. The standard InChI is InChI=1S/C31H58N2O2/c1-28(2)20-24(21-29(3,4)32(28)34-26-15-11-9-12-16-26)19-25-22-30(5,6)33(31(7,8)23-25)35-27-17-13-10-14-18-27/h24-27H,9-23H2,1-8H3. The van der Waals surface area contributed by atoms with Gasteiger partial charge in [0.2, 0.25) is 0 Å². The lowest BCUT2D eigenvalue weighted by molar-refractivity contribution is -0.320. The normalized spacial score (nSPS) is 31.5. The van der Waals surface area contributed by atoms with Gasteiger partial charge in [0.25, 0.3) is 0 Å². The number of piperidine rings is 2. The fourth-order valence-electron chi connectivity index (χ4n) is 8.96. The van der Waals surface area contributed by atoms with Crippen molar-refractivity contribution in [1.82, 2.24) is 10.1 Å². The van der Waals surface area contributed by atoms with Crippen LogP contribution in [0.4, 0.5) is 0 Å². The Kier molecular flexibility index (Phi) is 8.39. The van der Waals surface area contributed by atoms with Crippen molar-refractivity contribution in [3.05, 3.63) is 0 Å². The van der Waals surface area contributed by atoms with Crippen LogP contribution in [0, 0.1) is 11.8 Å². The van der Waals surface area contributed by atoms with Crippen molar-refractivity contribution < 1.29 is 9.68 Å². The molecule has 2 aliphatic heterocycles. The predicted octanol–water partition coefficient (Wildman–Crippen LogP) is 8.44. The SMILES string of the molecule is CC1(C)CC(CC2CC(C)(C)N(OC3CCCCC3)C(C)(C)C2)CC(C)(C)N1OC1CCCCC1. The van der Waals surface area contributed by atoms with Gasteiger partial charge >= 0.3 is 0 Å². The van der Waals surface area contributed by atoms with Crippen molar-refractivity contribution in [3.63, 3.8) is 0 Å². The van der Waals surface area contributed by atoms with E-state index in [2.05, 4.69) is 65.5 Å². The summed E-state index contributed by atoms with van der Waals surface area (Å²) in [6, 6.07) is 0. The Morgan fingerprint density at radius 3 is 1.06 bits per heavy atom. The lowest BCUT2D eigenvalue weighted by atomic mass is 9.67. The summed E-state index contributed by atoms with van der Waals surface area (Å²) in [5.41, 5.74) is 0.332. The third-order valence-corrected chi connectivity index (χ3v) is 9.63. The van der Waals surface area contributed by atoms with E-state index >= 15 is 0 Å². The molecule has 2 saturated heterocycles. The van der Waals surface area contributed by atoms with Gasteiger partial charge in [-0.1, -0.05) is 38.5 Å². The van der Waals surface area contributed by atoms with Crippen LogP contribution >= 0.6 is 0 Å². The molecule has 0 amide bonds. The van der Waals surface area contributed by atoms with Gasteiger partial charge in [-0.15, -0.1) is 0 Å². The number of rotatable bonds is 6. The molecule has 4 fully saturated rings. The average molecular weight is 491 g/mol. The highest BCUT2D eigenvalue weighted by atomic mass is 16.7. The zero-order valence-electron chi connectivity index (χ0n) is 24.6. The second-order valence-electron chi connectivity index (χ2n) is 15.4. The van der Waals surface area contributed by atoms with Crippen molar-refractivity contribution in [2.24, 2.45) is 11.8 Å². The zero-order chi connectivity index (χ0) is 25.5. The molecule has 4 heteroatoms. The summed E-state index contributed by atoms with van der Waals surface area (Å²) < 4.78 is 0. The van der Waals surface area contributed by atoms with Crippen LogP contribution in [0.15, 0.2) is 0 Å². The van der Waals surface area contributed by atoms with Gasteiger partial charge in [-0.25, -0.2) is 0 Å². The van der Waals surface area contributed by atoms with Gasteiger partial charge < -0.3 is 0 Å².